The summed E-state index contributed by atoms with van der Waals surface area (Å²) < 4.78 is 60.9. The molecule has 1 amide bonds. The Bertz CT molecular complexity index is 1310. The maximum absolute atomic E-state index is 13.9. The number of aliphatic hydroxyl groups is 1. The molecule has 0 spiro atoms. The predicted molar refractivity (Wildman–Crippen MR) is 129 cm³/mol. The molecule has 1 aliphatic rings. The van der Waals surface area contributed by atoms with Gasteiger partial charge in [0.2, 0.25) is 5.60 Å². The molecule has 2 aromatic carbocycles. The minimum atomic E-state index is -5.14. The summed E-state index contributed by atoms with van der Waals surface area (Å²) in [4.78, 5) is 18.3. The van der Waals surface area contributed by atoms with Crippen LogP contribution in [0, 0.1) is 5.82 Å². The van der Waals surface area contributed by atoms with Gasteiger partial charge in [0, 0.05) is 18.7 Å². The van der Waals surface area contributed by atoms with Gasteiger partial charge in [-0.3, -0.25) is 4.90 Å². The molecule has 2 atom stereocenters. The van der Waals surface area contributed by atoms with Crippen molar-refractivity contribution < 1.29 is 32.2 Å². The van der Waals surface area contributed by atoms with E-state index in [-0.39, 0.29) is 28.5 Å². The van der Waals surface area contributed by atoms with E-state index < -0.39 is 41.5 Å². The lowest BCUT2D eigenvalue weighted by molar-refractivity contribution is -0.263. The van der Waals surface area contributed by atoms with Gasteiger partial charge in [0.05, 0.1) is 21.9 Å². The van der Waals surface area contributed by atoms with Gasteiger partial charge in [-0.05, 0) is 54.8 Å². The predicted octanol–water partition coefficient (Wildman–Crippen LogP) is 5.51. The molecule has 4 rings (SSSR count). The number of nitrogens with zero attached hydrogens (tertiary/aromatic N) is 2. The molecule has 6 nitrogen and oxygen atoms in total. The Morgan fingerprint density at radius 3 is 2.46 bits per heavy atom. The van der Waals surface area contributed by atoms with Gasteiger partial charge in [-0.15, -0.1) is 0 Å². The van der Waals surface area contributed by atoms with Gasteiger partial charge in [0.25, 0.3) is 0 Å². The van der Waals surface area contributed by atoms with Crippen molar-refractivity contribution in [2.75, 3.05) is 13.1 Å². The molecule has 1 unspecified atom stereocenters. The first-order valence-corrected chi connectivity index (χ1v) is 11.7. The fourth-order valence-corrected chi connectivity index (χ4v) is 4.35. The van der Waals surface area contributed by atoms with Gasteiger partial charge in [-0.2, -0.15) is 13.2 Å². The van der Waals surface area contributed by atoms with Crippen LogP contribution >= 0.6 is 11.6 Å². The first-order chi connectivity index (χ1) is 17.4. The van der Waals surface area contributed by atoms with Gasteiger partial charge in [-0.1, -0.05) is 41.9 Å². The summed E-state index contributed by atoms with van der Waals surface area (Å²) in [6, 6.07) is 15.2. The summed E-state index contributed by atoms with van der Waals surface area (Å²) in [7, 11) is 0. The third-order valence-corrected chi connectivity index (χ3v) is 6.98. The summed E-state index contributed by atoms with van der Waals surface area (Å²) in [5.74, 6) is -0.714. The van der Waals surface area contributed by atoms with Crippen molar-refractivity contribution in [2.24, 2.45) is 5.73 Å². The number of ether oxygens (including phenoxy) is 1. The normalized spacial score (nSPS) is 19.2. The Morgan fingerprint density at radius 2 is 1.89 bits per heavy atom. The van der Waals surface area contributed by atoms with E-state index in [1.807, 2.05) is 6.07 Å². The standard InChI is InChI=1S/C26H24ClF4N3O3/c1-24(9-10-34(24)23(35)37-14-16-5-3-2-4-6-16)18-12-21(17-7-8-20(28)19(27)11-17)33-22(13-18)25(36,15-32)26(29,30)31/h2-8,11-13,36H,9-10,14-15,32H2,1H3/t24-,25?/m1/s1. The smallest absolute Gasteiger partial charge is 0.424 e. The van der Waals surface area contributed by atoms with Crippen LogP contribution in [0.2, 0.25) is 5.02 Å². The molecule has 1 aromatic heterocycles. The van der Waals surface area contributed by atoms with E-state index in [1.54, 1.807) is 31.2 Å². The number of nitrogens with two attached hydrogens (primary N) is 1. The van der Waals surface area contributed by atoms with Crippen molar-refractivity contribution in [3.05, 3.63) is 88.3 Å². The lowest BCUT2D eigenvalue weighted by Crippen LogP contribution is -2.58. The van der Waals surface area contributed by atoms with Crippen LogP contribution in [0.1, 0.15) is 30.2 Å². The average molecular weight is 538 g/mol. The number of benzene rings is 2. The lowest BCUT2D eigenvalue weighted by atomic mass is 9.79. The number of likely N-dealkylation sites (tertiary alicyclic amines) is 1. The van der Waals surface area contributed by atoms with Crippen molar-refractivity contribution in [3.63, 3.8) is 0 Å². The molecule has 0 bridgehead atoms. The second-order valence-electron chi connectivity index (χ2n) is 9.03. The average Bonchev–Trinajstić information content (AvgIpc) is 2.87. The highest BCUT2D eigenvalue weighted by atomic mass is 35.5. The number of aromatic nitrogens is 1. The Labute approximate surface area is 215 Å². The zero-order chi connectivity index (χ0) is 27.0. The van der Waals surface area contributed by atoms with E-state index in [0.29, 0.717) is 13.0 Å². The Morgan fingerprint density at radius 1 is 1.19 bits per heavy atom. The molecule has 0 radical (unpaired) electrons. The molecule has 3 aromatic rings. The summed E-state index contributed by atoms with van der Waals surface area (Å²) in [5, 5.41) is 10.3. The van der Waals surface area contributed by atoms with Gasteiger partial charge < -0.3 is 15.6 Å². The van der Waals surface area contributed by atoms with Crippen LogP contribution in [0.5, 0.6) is 0 Å². The van der Waals surface area contributed by atoms with Crippen LogP contribution in [0.15, 0.2) is 60.7 Å². The summed E-state index contributed by atoms with van der Waals surface area (Å²) in [6.07, 6.45) is -5.37. The van der Waals surface area contributed by atoms with Gasteiger partial charge in [0.1, 0.15) is 12.4 Å². The first kappa shape index (κ1) is 26.8. The minimum absolute atomic E-state index is 0.00347. The summed E-state index contributed by atoms with van der Waals surface area (Å²) in [6.45, 7) is 0.820. The molecule has 11 heteroatoms. The van der Waals surface area contributed by atoms with E-state index >= 15 is 0 Å². The third-order valence-electron chi connectivity index (χ3n) is 6.69. The second-order valence-corrected chi connectivity index (χ2v) is 9.44. The van der Waals surface area contributed by atoms with Crippen LogP contribution in [-0.2, 0) is 22.5 Å². The molecule has 196 valence electrons. The number of carbonyl (C=O) groups excluding carboxylic acids is 1. The second kappa shape index (κ2) is 9.92. The number of alkyl halides is 3. The molecule has 0 aliphatic carbocycles. The molecule has 1 saturated heterocycles. The molecule has 37 heavy (non-hydrogen) atoms. The maximum Gasteiger partial charge on any atom is 0.424 e. The number of halogens is 5. The SMILES string of the molecule is C[C@]1(c2cc(-c3ccc(F)c(Cl)c3)nc(C(O)(CN)C(F)(F)F)c2)CCN1C(=O)OCc1ccccc1. The zero-order valence-electron chi connectivity index (χ0n) is 19.7. The van der Waals surface area contributed by atoms with E-state index in [4.69, 9.17) is 22.1 Å². The van der Waals surface area contributed by atoms with Crippen LogP contribution in [0.25, 0.3) is 11.3 Å². The molecule has 1 fully saturated rings. The number of rotatable bonds is 6. The lowest BCUT2D eigenvalue weighted by Gasteiger charge is -2.50. The van der Waals surface area contributed by atoms with Crippen LogP contribution < -0.4 is 5.73 Å². The molecule has 1 aliphatic heterocycles. The van der Waals surface area contributed by atoms with Crippen molar-refractivity contribution >= 4 is 17.7 Å². The fourth-order valence-electron chi connectivity index (χ4n) is 4.17. The summed E-state index contributed by atoms with van der Waals surface area (Å²) in [5.41, 5.74) is 1.36. The van der Waals surface area contributed by atoms with Gasteiger partial charge in [0.15, 0.2) is 0 Å². The van der Waals surface area contributed by atoms with Crippen molar-refractivity contribution in [2.45, 2.75) is 37.3 Å². The number of carbonyl (C=O) groups is 1. The van der Waals surface area contributed by atoms with Gasteiger partial charge in [-0.25, -0.2) is 14.2 Å². The third kappa shape index (κ3) is 5.01. The molecular weight excluding hydrogens is 514 g/mol. The summed E-state index contributed by atoms with van der Waals surface area (Å²) >= 11 is 5.89. The molecule has 3 N–H and O–H groups in total. The van der Waals surface area contributed by atoms with Crippen molar-refractivity contribution in [3.8, 4) is 11.3 Å². The Kier molecular flexibility index (Phi) is 7.20. The quantitative estimate of drug-likeness (QED) is 0.405. The number of pyridine rings is 1. The van der Waals surface area contributed by atoms with Crippen molar-refractivity contribution in [1.82, 2.24) is 9.88 Å². The number of amides is 1. The number of hydrogen-bond donors (Lipinski definition) is 2. The first-order valence-electron chi connectivity index (χ1n) is 11.3. The van der Waals surface area contributed by atoms with Crippen molar-refractivity contribution in [1.29, 1.82) is 0 Å². The topological polar surface area (TPSA) is 88.7 Å². The highest BCUT2D eigenvalue weighted by Crippen LogP contribution is 2.45. The zero-order valence-corrected chi connectivity index (χ0v) is 20.5. The highest BCUT2D eigenvalue weighted by Gasteiger charge is 2.56. The van der Waals surface area contributed by atoms with Crippen LogP contribution in [-0.4, -0.2) is 40.3 Å². The Hall–Kier alpha value is -3.21. The monoisotopic (exact) mass is 537 g/mol. The maximum atomic E-state index is 13.9. The number of hydrogen-bond acceptors (Lipinski definition) is 5. The van der Waals surface area contributed by atoms with E-state index in [9.17, 15) is 27.5 Å². The minimum Gasteiger partial charge on any atom is -0.445 e. The van der Waals surface area contributed by atoms with Crippen LogP contribution in [0.3, 0.4) is 0 Å². The molecule has 0 saturated carbocycles. The Balaban J connectivity index is 1.75. The van der Waals surface area contributed by atoms with Gasteiger partial charge >= 0.3 is 12.3 Å². The largest absolute Gasteiger partial charge is 0.445 e. The van der Waals surface area contributed by atoms with Crippen LogP contribution in [0.4, 0.5) is 22.4 Å². The fraction of sp³-hybridized carbons (Fsp3) is 0.308. The highest BCUT2D eigenvalue weighted by molar-refractivity contribution is 6.31. The van der Waals surface area contributed by atoms with E-state index in [0.717, 1.165) is 17.7 Å². The molecule has 2 heterocycles. The molecular formula is C26H24ClF4N3O3. The van der Waals surface area contributed by atoms with E-state index in [1.165, 1.54) is 23.1 Å². The van der Waals surface area contributed by atoms with E-state index in [2.05, 4.69) is 4.98 Å².